The molecule has 3 heteroatoms. The summed E-state index contributed by atoms with van der Waals surface area (Å²) in [6.07, 6.45) is 1.89. The van der Waals surface area contributed by atoms with Crippen molar-refractivity contribution in [1.29, 1.82) is 0 Å². The summed E-state index contributed by atoms with van der Waals surface area (Å²) in [6, 6.07) is 9.45. The van der Waals surface area contributed by atoms with E-state index >= 15 is 0 Å². The molecule has 2 rings (SSSR count). The van der Waals surface area contributed by atoms with Crippen LogP contribution < -0.4 is 0 Å². The van der Waals surface area contributed by atoms with Crippen molar-refractivity contribution in [2.24, 2.45) is 16.4 Å². The fourth-order valence-electron chi connectivity index (χ4n) is 2.71. The number of benzene rings is 1. The number of amides is 1. The van der Waals surface area contributed by atoms with Crippen molar-refractivity contribution >= 4 is 12.1 Å². The summed E-state index contributed by atoms with van der Waals surface area (Å²) in [5.74, 6) is 0.353. The molecule has 0 bridgehead atoms. The first-order chi connectivity index (χ1) is 8.43. The molecule has 0 aromatic heterocycles. The molecule has 1 aliphatic heterocycles. The second kappa shape index (κ2) is 4.56. The molecule has 0 saturated heterocycles. The van der Waals surface area contributed by atoms with Gasteiger partial charge in [-0.3, -0.25) is 4.79 Å². The maximum atomic E-state index is 12.5. The quantitative estimate of drug-likeness (QED) is 0.786. The van der Waals surface area contributed by atoms with Crippen molar-refractivity contribution in [3.63, 3.8) is 0 Å². The Bertz CT molecular complexity index is 463. The molecule has 96 valence electrons. The van der Waals surface area contributed by atoms with E-state index in [9.17, 15) is 4.79 Å². The Morgan fingerprint density at radius 3 is 2.44 bits per heavy atom. The minimum Gasteiger partial charge on any atom is -0.267 e. The van der Waals surface area contributed by atoms with Gasteiger partial charge in [-0.15, -0.1) is 0 Å². The minimum atomic E-state index is -0.0708. The monoisotopic (exact) mass is 244 g/mol. The van der Waals surface area contributed by atoms with Crippen LogP contribution in [0.4, 0.5) is 0 Å². The SMILES string of the molecule is CC(C)C1N(C(=O)c2ccccc2)N=CC1(C)C. The van der Waals surface area contributed by atoms with E-state index in [4.69, 9.17) is 0 Å². The van der Waals surface area contributed by atoms with Gasteiger partial charge in [0.05, 0.1) is 6.04 Å². The molecule has 1 amide bonds. The van der Waals surface area contributed by atoms with Crippen LogP contribution in [0.1, 0.15) is 38.1 Å². The van der Waals surface area contributed by atoms with Gasteiger partial charge in [-0.05, 0) is 18.1 Å². The van der Waals surface area contributed by atoms with Gasteiger partial charge in [-0.25, -0.2) is 5.01 Å². The summed E-state index contributed by atoms with van der Waals surface area (Å²) >= 11 is 0. The Kier molecular flexibility index (Phi) is 3.24. The molecule has 0 saturated carbocycles. The Morgan fingerprint density at radius 2 is 1.89 bits per heavy atom. The molecule has 1 aromatic carbocycles. The summed E-state index contributed by atoms with van der Waals surface area (Å²) in [6.45, 7) is 8.51. The van der Waals surface area contributed by atoms with E-state index in [1.807, 2.05) is 36.5 Å². The van der Waals surface area contributed by atoms with Crippen molar-refractivity contribution in [3.05, 3.63) is 35.9 Å². The molecule has 18 heavy (non-hydrogen) atoms. The molecule has 1 aromatic rings. The first kappa shape index (κ1) is 12.8. The molecule has 0 aliphatic carbocycles. The fraction of sp³-hybridized carbons (Fsp3) is 0.467. The molecular weight excluding hydrogens is 224 g/mol. The van der Waals surface area contributed by atoms with Crippen LogP contribution in [0.2, 0.25) is 0 Å². The van der Waals surface area contributed by atoms with E-state index in [2.05, 4.69) is 32.8 Å². The lowest BCUT2D eigenvalue weighted by Gasteiger charge is -2.33. The third-order valence-corrected chi connectivity index (χ3v) is 3.40. The number of carbonyl (C=O) groups is 1. The Balaban J connectivity index is 2.29. The predicted octanol–water partition coefficient (Wildman–Crippen LogP) is 3.18. The third-order valence-electron chi connectivity index (χ3n) is 3.40. The van der Waals surface area contributed by atoms with Crippen LogP contribution in [0.5, 0.6) is 0 Å². The molecule has 3 nitrogen and oxygen atoms in total. The summed E-state index contributed by atoms with van der Waals surface area (Å²) in [7, 11) is 0. The van der Waals surface area contributed by atoms with Gasteiger partial charge in [0.1, 0.15) is 0 Å². The molecule has 1 aliphatic rings. The van der Waals surface area contributed by atoms with Crippen molar-refractivity contribution < 1.29 is 4.79 Å². The zero-order valence-corrected chi connectivity index (χ0v) is 11.4. The van der Waals surface area contributed by atoms with Gasteiger partial charge >= 0.3 is 0 Å². The summed E-state index contributed by atoms with van der Waals surface area (Å²) < 4.78 is 0. The van der Waals surface area contributed by atoms with Crippen molar-refractivity contribution in [2.75, 3.05) is 0 Å². The highest BCUT2D eigenvalue weighted by molar-refractivity contribution is 5.95. The largest absolute Gasteiger partial charge is 0.274 e. The Morgan fingerprint density at radius 1 is 1.28 bits per heavy atom. The molecule has 0 fully saturated rings. The Hall–Kier alpha value is -1.64. The van der Waals surface area contributed by atoms with Crippen LogP contribution in [0.25, 0.3) is 0 Å². The average Bonchev–Trinajstić information content (AvgIpc) is 2.65. The molecule has 1 heterocycles. The van der Waals surface area contributed by atoms with E-state index < -0.39 is 0 Å². The number of hydrogen-bond acceptors (Lipinski definition) is 2. The maximum Gasteiger partial charge on any atom is 0.274 e. The van der Waals surface area contributed by atoms with Gasteiger partial charge < -0.3 is 0 Å². The van der Waals surface area contributed by atoms with Crippen molar-refractivity contribution in [1.82, 2.24) is 5.01 Å². The molecule has 1 unspecified atom stereocenters. The maximum absolute atomic E-state index is 12.5. The second-order valence-electron chi connectivity index (χ2n) is 5.77. The first-order valence-corrected chi connectivity index (χ1v) is 6.37. The van der Waals surface area contributed by atoms with Crippen molar-refractivity contribution in [2.45, 2.75) is 33.7 Å². The molecule has 0 spiro atoms. The highest BCUT2D eigenvalue weighted by Gasteiger charge is 2.42. The Labute approximate surface area is 108 Å². The van der Waals surface area contributed by atoms with Crippen LogP contribution in [0.15, 0.2) is 35.4 Å². The average molecular weight is 244 g/mol. The second-order valence-corrected chi connectivity index (χ2v) is 5.77. The van der Waals surface area contributed by atoms with E-state index in [0.29, 0.717) is 11.5 Å². The van der Waals surface area contributed by atoms with Crippen molar-refractivity contribution in [3.8, 4) is 0 Å². The van der Waals surface area contributed by atoms with E-state index in [0.717, 1.165) is 0 Å². The summed E-state index contributed by atoms with van der Waals surface area (Å²) in [4.78, 5) is 12.5. The number of nitrogens with zero attached hydrogens (tertiary/aromatic N) is 2. The van der Waals surface area contributed by atoms with Crippen LogP contribution in [-0.2, 0) is 0 Å². The topological polar surface area (TPSA) is 32.7 Å². The van der Waals surface area contributed by atoms with Crippen LogP contribution in [-0.4, -0.2) is 23.2 Å². The van der Waals surface area contributed by atoms with E-state index in [1.54, 1.807) is 5.01 Å². The highest BCUT2D eigenvalue weighted by Crippen LogP contribution is 2.34. The van der Waals surface area contributed by atoms with Gasteiger partial charge in [0, 0.05) is 17.2 Å². The molecule has 0 N–H and O–H groups in total. The van der Waals surface area contributed by atoms with Gasteiger partial charge in [-0.1, -0.05) is 45.9 Å². The first-order valence-electron chi connectivity index (χ1n) is 6.37. The third kappa shape index (κ3) is 2.17. The number of hydrogen-bond donors (Lipinski definition) is 0. The van der Waals surface area contributed by atoms with Gasteiger partial charge in [0.15, 0.2) is 0 Å². The fourth-order valence-corrected chi connectivity index (χ4v) is 2.71. The lowest BCUT2D eigenvalue weighted by molar-refractivity contribution is 0.0575. The standard InChI is InChI=1S/C15H20N2O/c1-11(2)13-15(3,4)10-16-17(13)14(18)12-8-6-5-7-9-12/h5-11,13H,1-4H3. The molecular formula is C15H20N2O. The summed E-state index contributed by atoms with van der Waals surface area (Å²) in [5.41, 5.74) is 0.622. The predicted molar refractivity (Wildman–Crippen MR) is 73.5 cm³/mol. The lowest BCUT2D eigenvalue weighted by Crippen LogP contribution is -2.44. The van der Waals surface area contributed by atoms with Gasteiger partial charge in [0.2, 0.25) is 0 Å². The number of hydrazone groups is 1. The highest BCUT2D eigenvalue weighted by atomic mass is 16.2. The van der Waals surface area contributed by atoms with Crippen LogP contribution >= 0.6 is 0 Å². The van der Waals surface area contributed by atoms with E-state index in [1.165, 1.54) is 0 Å². The van der Waals surface area contributed by atoms with Gasteiger partial charge in [0.25, 0.3) is 5.91 Å². The lowest BCUT2D eigenvalue weighted by atomic mass is 9.80. The normalized spacial score (nSPS) is 21.6. The number of carbonyl (C=O) groups excluding carboxylic acids is 1. The van der Waals surface area contributed by atoms with Crippen LogP contribution in [0.3, 0.4) is 0 Å². The zero-order chi connectivity index (χ0) is 13.3. The van der Waals surface area contributed by atoms with Crippen LogP contribution in [0, 0.1) is 11.3 Å². The summed E-state index contributed by atoms with van der Waals surface area (Å²) in [5, 5.41) is 5.97. The van der Waals surface area contributed by atoms with E-state index in [-0.39, 0.29) is 17.4 Å². The van der Waals surface area contributed by atoms with Gasteiger partial charge in [-0.2, -0.15) is 5.10 Å². The minimum absolute atomic E-state index is 0.0175. The number of rotatable bonds is 2. The smallest absolute Gasteiger partial charge is 0.267 e. The molecule has 0 radical (unpaired) electrons. The zero-order valence-electron chi connectivity index (χ0n) is 11.4. The molecule has 1 atom stereocenters.